The molecule has 0 unspecified atom stereocenters. The molecule has 1 saturated carbocycles. The summed E-state index contributed by atoms with van der Waals surface area (Å²) in [5, 5.41) is 3.14. The minimum Gasteiger partial charge on any atom is -0.352 e. The van der Waals surface area contributed by atoms with Gasteiger partial charge in [0.05, 0.1) is 6.42 Å². The van der Waals surface area contributed by atoms with Crippen molar-refractivity contribution in [1.29, 1.82) is 0 Å². The number of carbonyl (C=O) groups excluding carboxylic acids is 2. The van der Waals surface area contributed by atoms with Crippen LogP contribution in [-0.2, 0) is 29.0 Å². The Bertz CT molecular complexity index is 1130. The van der Waals surface area contributed by atoms with E-state index in [1.807, 2.05) is 30.3 Å². The van der Waals surface area contributed by atoms with Crippen LogP contribution in [0.3, 0.4) is 0 Å². The van der Waals surface area contributed by atoms with E-state index in [9.17, 15) is 18.4 Å². The van der Waals surface area contributed by atoms with Crippen molar-refractivity contribution in [2.45, 2.75) is 57.2 Å². The van der Waals surface area contributed by atoms with Crippen molar-refractivity contribution in [2.75, 3.05) is 0 Å². The molecule has 1 N–H and O–H groups in total. The van der Waals surface area contributed by atoms with Gasteiger partial charge in [-0.05, 0) is 47.7 Å². The minimum absolute atomic E-state index is 0.0927. The summed E-state index contributed by atoms with van der Waals surface area (Å²) in [7, 11) is 0. The zero-order valence-corrected chi connectivity index (χ0v) is 19.6. The largest absolute Gasteiger partial charge is 0.352 e. The number of carbonyl (C=O) groups is 2. The lowest BCUT2D eigenvalue weighted by Crippen LogP contribution is -2.52. The Labute approximate surface area is 205 Å². The zero-order chi connectivity index (χ0) is 24.6. The standard InChI is InChI=1S/C29H30F2N2O2/c30-24-16-14-22(15-17-24)20-33(28(34)19-23-10-4-7-13-26(23)31)27(18-21-8-2-1-3-9-21)29(35)32-25-11-5-6-12-25/h1-4,7-10,13-17,25,27H,5-6,11-12,18-20H2,(H,32,35)/t27-/m0/s1. The monoisotopic (exact) mass is 476 g/mol. The maximum atomic E-state index is 14.4. The van der Waals surface area contributed by atoms with Gasteiger partial charge in [-0.25, -0.2) is 8.78 Å². The molecule has 35 heavy (non-hydrogen) atoms. The Balaban J connectivity index is 1.66. The van der Waals surface area contributed by atoms with Gasteiger partial charge in [-0.2, -0.15) is 0 Å². The molecule has 0 radical (unpaired) electrons. The Morgan fingerprint density at radius 3 is 2.20 bits per heavy atom. The first-order valence-electron chi connectivity index (χ1n) is 12.1. The molecule has 6 heteroatoms. The minimum atomic E-state index is -0.790. The SMILES string of the molecule is O=C(NC1CCCC1)[C@H](Cc1ccccc1)N(Cc1ccc(F)cc1)C(=O)Cc1ccccc1F. The summed E-state index contributed by atoms with van der Waals surface area (Å²) < 4.78 is 27.9. The molecule has 0 heterocycles. The Hall–Kier alpha value is -3.54. The van der Waals surface area contributed by atoms with Crippen LogP contribution in [0.1, 0.15) is 42.4 Å². The fourth-order valence-corrected chi connectivity index (χ4v) is 4.61. The number of halogens is 2. The lowest BCUT2D eigenvalue weighted by molar-refractivity contribution is -0.141. The van der Waals surface area contributed by atoms with E-state index in [0.29, 0.717) is 12.0 Å². The normalized spacial score (nSPS) is 14.5. The van der Waals surface area contributed by atoms with Crippen LogP contribution < -0.4 is 5.32 Å². The molecule has 0 spiro atoms. The van der Waals surface area contributed by atoms with Gasteiger partial charge >= 0.3 is 0 Å². The molecule has 0 saturated heterocycles. The van der Waals surface area contributed by atoms with Gasteiger partial charge in [-0.1, -0.05) is 73.5 Å². The molecular weight excluding hydrogens is 446 g/mol. The predicted molar refractivity (Wildman–Crippen MR) is 131 cm³/mol. The molecule has 1 fully saturated rings. The van der Waals surface area contributed by atoms with Crippen LogP contribution in [0.2, 0.25) is 0 Å². The van der Waals surface area contributed by atoms with Crippen molar-refractivity contribution in [3.05, 3.63) is 107 Å². The second-order valence-electron chi connectivity index (χ2n) is 9.11. The number of hydrogen-bond acceptors (Lipinski definition) is 2. The van der Waals surface area contributed by atoms with E-state index in [2.05, 4.69) is 5.32 Å². The highest BCUT2D eigenvalue weighted by Gasteiger charge is 2.32. The first-order valence-corrected chi connectivity index (χ1v) is 12.1. The number of rotatable bonds is 9. The van der Waals surface area contributed by atoms with Crippen LogP contribution in [-0.4, -0.2) is 28.8 Å². The van der Waals surface area contributed by atoms with Gasteiger partial charge in [0.25, 0.3) is 0 Å². The second kappa shape index (κ2) is 11.7. The van der Waals surface area contributed by atoms with Crippen molar-refractivity contribution >= 4 is 11.8 Å². The highest BCUT2D eigenvalue weighted by Crippen LogP contribution is 2.21. The maximum absolute atomic E-state index is 14.4. The highest BCUT2D eigenvalue weighted by atomic mass is 19.1. The van der Waals surface area contributed by atoms with E-state index in [-0.39, 0.29) is 42.2 Å². The van der Waals surface area contributed by atoms with E-state index in [1.165, 1.54) is 23.1 Å². The van der Waals surface area contributed by atoms with Crippen LogP contribution in [0.25, 0.3) is 0 Å². The zero-order valence-electron chi connectivity index (χ0n) is 19.6. The quantitative estimate of drug-likeness (QED) is 0.461. The number of nitrogens with zero attached hydrogens (tertiary/aromatic N) is 1. The topological polar surface area (TPSA) is 49.4 Å². The van der Waals surface area contributed by atoms with E-state index in [0.717, 1.165) is 31.2 Å². The van der Waals surface area contributed by atoms with Crippen LogP contribution in [0.15, 0.2) is 78.9 Å². The van der Waals surface area contributed by atoms with Crippen LogP contribution in [0.4, 0.5) is 8.78 Å². The van der Waals surface area contributed by atoms with E-state index >= 15 is 0 Å². The molecule has 0 aromatic heterocycles. The molecule has 0 bridgehead atoms. The molecule has 1 atom stereocenters. The summed E-state index contributed by atoms with van der Waals surface area (Å²) >= 11 is 0. The molecule has 2 amide bonds. The molecular formula is C29H30F2N2O2. The average Bonchev–Trinajstić information content (AvgIpc) is 3.37. The van der Waals surface area contributed by atoms with Crippen LogP contribution in [0.5, 0.6) is 0 Å². The fourth-order valence-electron chi connectivity index (χ4n) is 4.61. The smallest absolute Gasteiger partial charge is 0.243 e. The summed E-state index contributed by atoms with van der Waals surface area (Å²) in [5.74, 6) is -1.41. The molecule has 3 aromatic rings. The average molecular weight is 477 g/mol. The van der Waals surface area contributed by atoms with E-state index in [1.54, 1.807) is 30.3 Å². The summed E-state index contributed by atoms with van der Waals surface area (Å²) in [6.45, 7) is 0.114. The Kier molecular flexibility index (Phi) is 8.24. The van der Waals surface area contributed by atoms with Gasteiger partial charge in [-0.3, -0.25) is 9.59 Å². The third-order valence-corrected chi connectivity index (χ3v) is 6.54. The second-order valence-corrected chi connectivity index (χ2v) is 9.11. The number of amides is 2. The Morgan fingerprint density at radius 1 is 0.857 bits per heavy atom. The molecule has 4 rings (SSSR count). The fraction of sp³-hybridized carbons (Fsp3) is 0.310. The summed E-state index contributed by atoms with van der Waals surface area (Å²) in [6.07, 6.45) is 4.13. The third-order valence-electron chi connectivity index (χ3n) is 6.54. The van der Waals surface area contributed by atoms with Crippen molar-refractivity contribution in [3.63, 3.8) is 0 Å². The summed E-state index contributed by atoms with van der Waals surface area (Å²) in [6, 6.07) is 20.9. The highest BCUT2D eigenvalue weighted by molar-refractivity contribution is 5.89. The number of hydrogen-bond donors (Lipinski definition) is 1. The summed E-state index contributed by atoms with van der Waals surface area (Å²) in [4.78, 5) is 28.7. The van der Waals surface area contributed by atoms with Crippen LogP contribution in [0, 0.1) is 11.6 Å². The van der Waals surface area contributed by atoms with E-state index in [4.69, 9.17) is 0 Å². The van der Waals surface area contributed by atoms with Crippen molar-refractivity contribution < 1.29 is 18.4 Å². The van der Waals surface area contributed by atoms with Crippen molar-refractivity contribution in [2.24, 2.45) is 0 Å². The number of benzene rings is 3. The maximum Gasteiger partial charge on any atom is 0.243 e. The lowest BCUT2D eigenvalue weighted by atomic mass is 10.0. The van der Waals surface area contributed by atoms with Gasteiger partial charge < -0.3 is 10.2 Å². The van der Waals surface area contributed by atoms with E-state index < -0.39 is 11.9 Å². The first kappa shape index (κ1) is 24.6. The van der Waals surface area contributed by atoms with Crippen molar-refractivity contribution in [3.8, 4) is 0 Å². The Morgan fingerprint density at radius 2 is 1.51 bits per heavy atom. The predicted octanol–water partition coefficient (Wildman–Crippen LogP) is 5.21. The molecule has 1 aliphatic rings. The molecule has 3 aromatic carbocycles. The molecule has 0 aliphatic heterocycles. The lowest BCUT2D eigenvalue weighted by Gasteiger charge is -2.32. The van der Waals surface area contributed by atoms with Gasteiger partial charge in [0.2, 0.25) is 11.8 Å². The number of nitrogens with one attached hydrogen (secondary N) is 1. The summed E-state index contributed by atoms with van der Waals surface area (Å²) in [5.41, 5.74) is 1.89. The third kappa shape index (κ3) is 6.75. The first-order chi connectivity index (χ1) is 17.0. The van der Waals surface area contributed by atoms with Crippen LogP contribution >= 0.6 is 0 Å². The van der Waals surface area contributed by atoms with Crippen molar-refractivity contribution in [1.82, 2.24) is 10.2 Å². The van der Waals surface area contributed by atoms with Gasteiger partial charge in [0.15, 0.2) is 0 Å². The van der Waals surface area contributed by atoms with Gasteiger partial charge in [0, 0.05) is 19.0 Å². The van der Waals surface area contributed by atoms with Gasteiger partial charge in [0.1, 0.15) is 17.7 Å². The molecule has 182 valence electrons. The molecule has 4 nitrogen and oxygen atoms in total. The molecule has 1 aliphatic carbocycles. The van der Waals surface area contributed by atoms with Gasteiger partial charge in [-0.15, -0.1) is 0 Å².